The highest BCUT2D eigenvalue weighted by molar-refractivity contribution is 5.93. The summed E-state index contributed by atoms with van der Waals surface area (Å²) in [7, 11) is 1.75. The molecule has 0 saturated heterocycles. The molecule has 0 aliphatic heterocycles. The molecule has 8 heteroatoms. The van der Waals surface area contributed by atoms with E-state index in [1.807, 2.05) is 24.3 Å². The van der Waals surface area contributed by atoms with Crippen LogP contribution in [-0.2, 0) is 11.2 Å². The number of amides is 2. The Balaban J connectivity index is 1.59. The summed E-state index contributed by atoms with van der Waals surface area (Å²) >= 11 is 0. The van der Waals surface area contributed by atoms with Crippen molar-refractivity contribution in [1.29, 1.82) is 0 Å². The van der Waals surface area contributed by atoms with E-state index in [1.165, 1.54) is 19.3 Å². The lowest BCUT2D eigenvalue weighted by Crippen LogP contribution is -2.29. The lowest BCUT2D eigenvalue weighted by molar-refractivity contribution is -0.114. The van der Waals surface area contributed by atoms with Crippen LogP contribution in [0.3, 0.4) is 0 Å². The minimum atomic E-state index is -0.144. The fourth-order valence-electron chi connectivity index (χ4n) is 2.68. The number of nitrogens with zero attached hydrogens (tertiary/aromatic N) is 4. The third kappa shape index (κ3) is 5.83. The molecule has 0 saturated carbocycles. The number of pyridine rings is 1. The van der Waals surface area contributed by atoms with Gasteiger partial charge in [-0.15, -0.1) is 0 Å². The Hall–Kier alpha value is -3.81. The van der Waals surface area contributed by atoms with Crippen LogP contribution in [0.1, 0.15) is 22.8 Å². The monoisotopic (exact) mass is 390 g/mol. The lowest BCUT2D eigenvalue weighted by atomic mass is 10.2. The molecule has 1 aromatic carbocycles. The van der Waals surface area contributed by atoms with Gasteiger partial charge in [-0.2, -0.15) is 0 Å². The van der Waals surface area contributed by atoms with Gasteiger partial charge < -0.3 is 15.5 Å². The zero-order valence-electron chi connectivity index (χ0n) is 16.3. The van der Waals surface area contributed by atoms with Gasteiger partial charge in [0.2, 0.25) is 11.9 Å². The fraction of sp³-hybridized carbons (Fsp3) is 0.190. The van der Waals surface area contributed by atoms with Crippen molar-refractivity contribution < 1.29 is 9.59 Å². The molecule has 0 fully saturated rings. The van der Waals surface area contributed by atoms with Crippen LogP contribution < -0.4 is 10.6 Å². The molecule has 0 atom stereocenters. The second-order valence-electron chi connectivity index (χ2n) is 6.51. The number of hydrogen-bond acceptors (Lipinski definition) is 6. The van der Waals surface area contributed by atoms with Gasteiger partial charge in [-0.05, 0) is 42.3 Å². The molecule has 2 amide bonds. The SMILES string of the molecule is CC(=O)Nc1cccc(Nc2ncc(C(=O)N(C)CCc3ccncc3)cn2)c1. The van der Waals surface area contributed by atoms with Crippen LogP contribution in [0.15, 0.2) is 61.2 Å². The molecule has 2 N–H and O–H groups in total. The second-order valence-corrected chi connectivity index (χ2v) is 6.51. The summed E-state index contributed by atoms with van der Waals surface area (Å²) in [6.45, 7) is 2.03. The number of carbonyl (C=O) groups excluding carboxylic acids is 2. The van der Waals surface area contributed by atoms with Crippen LogP contribution in [0.25, 0.3) is 0 Å². The maximum Gasteiger partial charge on any atom is 0.256 e. The highest BCUT2D eigenvalue weighted by atomic mass is 16.2. The Morgan fingerprint density at radius 2 is 1.72 bits per heavy atom. The Morgan fingerprint density at radius 1 is 1.03 bits per heavy atom. The molecular formula is C21H22N6O2. The van der Waals surface area contributed by atoms with Gasteiger partial charge in [-0.1, -0.05) is 6.07 Å². The third-order valence-electron chi connectivity index (χ3n) is 4.17. The van der Waals surface area contributed by atoms with Gasteiger partial charge in [0.15, 0.2) is 0 Å². The topological polar surface area (TPSA) is 100 Å². The molecule has 2 heterocycles. The molecule has 0 unspecified atom stereocenters. The van der Waals surface area contributed by atoms with Crippen LogP contribution in [0, 0.1) is 0 Å². The molecule has 0 bridgehead atoms. The van der Waals surface area contributed by atoms with Crippen molar-refractivity contribution in [1.82, 2.24) is 19.9 Å². The van der Waals surface area contributed by atoms with Crippen LogP contribution in [0.2, 0.25) is 0 Å². The highest BCUT2D eigenvalue weighted by Gasteiger charge is 2.13. The molecule has 8 nitrogen and oxygen atoms in total. The first-order valence-electron chi connectivity index (χ1n) is 9.12. The number of likely N-dealkylation sites (N-methyl/N-ethyl adjacent to an activating group) is 1. The van der Waals surface area contributed by atoms with E-state index in [0.717, 1.165) is 17.7 Å². The number of anilines is 3. The minimum Gasteiger partial charge on any atom is -0.341 e. The van der Waals surface area contributed by atoms with Crippen molar-refractivity contribution in [2.45, 2.75) is 13.3 Å². The molecular weight excluding hydrogens is 368 g/mol. The van der Waals surface area contributed by atoms with Crippen LogP contribution in [-0.4, -0.2) is 45.3 Å². The number of benzene rings is 1. The van der Waals surface area contributed by atoms with Crippen molar-refractivity contribution in [3.05, 3.63) is 72.3 Å². The molecule has 0 spiro atoms. The van der Waals surface area contributed by atoms with Crippen LogP contribution in [0.5, 0.6) is 0 Å². The first kappa shape index (κ1) is 19.9. The smallest absolute Gasteiger partial charge is 0.256 e. The Kier molecular flexibility index (Phi) is 6.47. The Bertz CT molecular complexity index is 976. The lowest BCUT2D eigenvalue weighted by Gasteiger charge is -2.17. The van der Waals surface area contributed by atoms with Gasteiger partial charge >= 0.3 is 0 Å². The number of hydrogen-bond donors (Lipinski definition) is 2. The largest absolute Gasteiger partial charge is 0.341 e. The van der Waals surface area contributed by atoms with Crippen molar-refractivity contribution in [2.24, 2.45) is 0 Å². The van der Waals surface area contributed by atoms with E-state index in [0.29, 0.717) is 23.7 Å². The number of carbonyl (C=O) groups is 2. The highest BCUT2D eigenvalue weighted by Crippen LogP contribution is 2.18. The first-order valence-corrected chi connectivity index (χ1v) is 9.12. The molecule has 2 aromatic heterocycles. The average molecular weight is 390 g/mol. The van der Waals surface area contributed by atoms with Gasteiger partial charge in [0, 0.05) is 56.7 Å². The Labute approximate surface area is 169 Å². The van der Waals surface area contributed by atoms with Crippen molar-refractivity contribution in [2.75, 3.05) is 24.2 Å². The molecule has 0 aliphatic rings. The van der Waals surface area contributed by atoms with Crippen molar-refractivity contribution in [3.8, 4) is 0 Å². The normalized spacial score (nSPS) is 10.3. The first-order chi connectivity index (χ1) is 14.0. The zero-order valence-corrected chi connectivity index (χ0v) is 16.3. The van der Waals surface area contributed by atoms with Crippen molar-refractivity contribution in [3.63, 3.8) is 0 Å². The van der Waals surface area contributed by atoms with E-state index in [2.05, 4.69) is 25.6 Å². The summed E-state index contributed by atoms with van der Waals surface area (Å²) in [5.41, 5.74) is 2.94. The maximum absolute atomic E-state index is 12.6. The third-order valence-corrected chi connectivity index (χ3v) is 4.17. The summed E-state index contributed by atoms with van der Waals surface area (Å²) in [6, 6.07) is 11.1. The summed E-state index contributed by atoms with van der Waals surface area (Å²) in [4.78, 5) is 37.8. The van der Waals surface area contributed by atoms with Gasteiger partial charge in [-0.3, -0.25) is 14.6 Å². The average Bonchev–Trinajstić information content (AvgIpc) is 2.72. The van der Waals surface area contributed by atoms with Crippen LogP contribution in [0.4, 0.5) is 17.3 Å². The maximum atomic E-state index is 12.6. The second kappa shape index (κ2) is 9.41. The minimum absolute atomic E-state index is 0.140. The summed E-state index contributed by atoms with van der Waals surface area (Å²) < 4.78 is 0. The Morgan fingerprint density at radius 3 is 2.41 bits per heavy atom. The van der Waals surface area contributed by atoms with E-state index >= 15 is 0 Å². The molecule has 0 radical (unpaired) electrons. The van der Waals surface area contributed by atoms with Gasteiger partial charge in [-0.25, -0.2) is 9.97 Å². The standard InChI is InChI=1S/C21H22N6O2/c1-15(28)25-18-4-3-5-19(12-18)26-21-23-13-17(14-24-21)20(29)27(2)11-8-16-6-9-22-10-7-16/h3-7,9-10,12-14H,8,11H2,1-2H3,(H,25,28)(H,23,24,26). The molecule has 3 aromatic rings. The summed E-state index contributed by atoms with van der Waals surface area (Å²) in [6.07, 6.45) is 7.22. The zero-order chi connectivity index (χ0) is 20.6. The summed E-state index contributed by atoms with van der Waals surface area (Å²) in [5.74, 6) is 0.0774. The van der Waals surface area contributed by atoms with E-state index in [-0.39, 0.29) is 11.8 Å². The van der Waals surface area contributed by atoms with E-state index in [4.69, 9.17) is 0 Å². The molecule has 0 aliphatic carbocycles. The fourth-order valence-corrected chi connectivity index (χ4v) is 2.68. The quantitative estimate of drug-likeness (QED) is 0.643. The number of rotatable bonds is 7. The van der Waals surface area contributed by atoms with Gasteiger partial charge in [0.25, 0.3) is 5.91 Å². The predicted octanol–water partition coefficient (Wildman–Crippen LogP) is 2.89. The van der Waals surface area contributed by atoms with E-state index in [1.54, 1.807) is 36.5 Å². The molecule has 29 heavy (non-hydrogen) atoms. The van der Waals surface area contributed by atoms with Crippen LogP contribution >= 0.6 is 0 Å². The van der Waals surface area contributed by atoms with E-state index < -0.39 is 0 Å². The molecule has 3 rings (SSSR count). The van der Waals surface area contributed by atoms with Gasteiger partial charge in [0.1, 0.15) is 0 Å². The van der Waals surface area contributed by atoms with Crippen molar-refractivity contribution >= 4 is 29.1 Å². The number of aromatic nitrogens is 3. The van der Waals surface area contributed by atoms with Gasteiger partial charge in [0.05, 0.1) is 5.56 Å². The number of nitrogens with one attached hydrogen (secondary N) is 2. The molecule has 148 valence electrons. The van der Waals surface area contributed by atoms with E-state index in [9.17, 15) is 9.59 Å². The predicted molar refractivity (Wildman–Crippen MR) is 111 cm³/mol. The summed E-state index contributed by atoms with van der Waals surface area (Å²) in [5, 5.41) is 5.77.